The molecular formula is C30H31ClN6O. The molecule has 38 heavy (non-hydrogen) atoms. The zero-order valence-electron chi connectivity index (χ0n) is 21.3. The molecule has 5 rings (SSSR count). The summed E-state index contributed by atoms with van der Waals surface area (Å²) in [7, 11) is 0. The third kappa shape index (κ3) is 5.99. The second-order valence-electron chi connectivity index (χ2n) is 9.59. The van der Waals surface area contributed by atoms with Crippen LogP contribution >= 0.6 is 11.6 Å². The van der Waals surface area contributed by atoms with E-state index in [4.69, 9.17) is 11.6 Å². The molecule has 3 heterocycles. The second-order valence-corrected chi connectivity index (χ2v) is 10.0. The number of amides is 1. The molecule has 1 N–H and O–H groups in total. The van der Waals surface area contributed by atoms with E-state index in [-0.39, 0.29) is 5.91 Å². The van der Waals surface area contributed by atoms with E-state index in [9.17, 15) is 10.1 Å². The molecule has 0 radical (unpaired) electrons. The molecule has 1 fully saturated rings. The molecule has 1 saturated heterocycles. The van der Waals surface area contributed by atoms with E-state index < -0.39 is 0 Å². The molecule has 7 nitrogen and oxygen atoms in total. The van der Waals surface area contributed by atoms with Gasteiger partial charge in [-0.3, -0.25) is 4.79 Å². The van der Waals surface area contributed by atoms with Gasteiger partial charge in [-0.2, -0.15) is 5.26 Å². The number of carbonyl (C=O) groups excluding carboxylic acids is 1. The summed E-state index contributed by atoms with van der Waals surface area (Å²) in [6, 6.07) is 21.5. The molecule has 0 atom stereocenters. The Bertz CT molecular complexity index is 1460. The number of nitriles is 1. The number of hydrogen-bond donors (Lipinski definition) is 1. The summed E-state index contributed by atoms with van der Waals surface area (Å²) in [5.41, 5.74) is 3.36. The Hall–Kier alpha value is -3.86. The van der Waals surface area contributed by atoms with Crippen molar-refractivity contribution in [2.45, 2.75) is 25.9 Å². The Morgan fingerprint density at radius 3 is 2.79 bits per heavy atom. The molecule has 1 aliphatic rings. The van der Waals surface area contributed by atoms with Crippen molar-refractivity contribution in [2.24, 2.45) is 0 Å². The fourth-order valence-corrected chi connectivity index (χ4v) is 5.36. The van der Waals surface area contributed by atoms with Gasteiger partial charge in [0.05, 0.1) is 11.1 Å². The number of anilines is 1. The van der Waals surface area contributed by atoms with Crippen LogP contribution in [0.1, 0.15) is 34.3 Å². The number of benzene rings is 2. The topological polar surface area (TPSA) is 77.2 Å². The molecule has 4 aromatic rings. The summed E-state index contributed by atoms with van der Waals surface area (Å²) < 4.78 is 2.20. The lowest BCUT2D eigenvalue weighted by molar-refractivity contribution is 0.0952. The van der Waals surface area contributed by atoms with E-state index in [1.54, 1.807) is 6.20 Å². The van der Waals surface area contributed by atoms with Crippen molar-refractivity contribution >= 4 is 34.2 Å². The number of rotatable bonds is 8. The lowest BCUT2D eigenvalue weighted by Crippen LogP contribution is -2.32. The second kappa shape index (κ2) is 12.1. The fourth-order valence-electron chi connectivity index (χ4n) is 5.14. The molecule has 194 valence electrons. The summed E-state index contributed by atoms with van der Waals surface area (Å²) in [5, 5.41) is 14.1. The van der Waals surface area contributed by atoms with Crippen LogP contribution in [0.25, 0.3) is 10.9 Å². The van der Waals surface area contributed by atoms with Crippen molar-refractivity contribution < 1.29 is 4.79 Å². The molecule has 1 amide bonds. The average molecular weight is 527 g/mol. The summed E-state index contributed by atoms with van der Waals surface area (Å²) >= 11 is 6.08. The Labute approximate surface area is 228 Å². The van der Waals surface area contributed by atoms with Crippen molar-refractivity contribution in [3.63, 3.8) is 0 Å². The smallest absolute Gasteiger partial charge is 0.253 e. The number of nitrogens with one attached hydrogen (secondary N) is 1. The van der Waals surface area contributed by atoms with Gasteiger partial charge in [0.15, 0.2) is 0 Å². The first kappa shape index (κ1) is 25.8. The third-order valence-electron chi connectivity index (χ3n) is 7.04. The number of para-hydroxylation sites is 1. The number of halogens is 1. The fraction of sp³-hybridized carbons (Fsp3) is 0.300. The minimum absolute atomic E-state index is 0.0844. The van der Waals surface area contributed by atoms with Crippen LogP contribution in [0.15, 0.2) is 73.1 Å². The molecule has 2 aromatic heterocycles. The van der Waals surface area contributed by atoms with E-state index >= 15 is 0 Å². The maximum Gasteiger partial charge on any atom is 0.253 e. The molecule has 1 aliphatic heterocycles. The van der Waals surface area contributed by atoms with Crippen molar-refractivity contribution in [2.75, 3.05) is 37.6 Å². The average Bonchev–Trinajstić information content (AvgIpc) is 3.15. The first-order chi connectivity index (χ1) is 18.6. The highest BCUT2D eigenvalue weighted by Gasteiger charge is 2.19. The lowest BCUT2D eigenvalue weighted by Gasteiger charge is -2.23. The number of carbonyl (C=O) groups is 1. The number of pyridine rings is 1. The SMILES string of the molecule is N#Cc1cccnc1N1CCCN(CCCn2cc(C(=O)NCc3cccc(Cl)c3)c3ccccc32)CC1. The third-order valence-corrected chi connectivity index (χ3v) is 7.28. The molecule has 0 spiro atoms. The Morgan fingerprint density at radius 1 is 1.03 bits per heavy atom. The van der Waals surface area contributed by atoms with E-state index in [0.717, 1.165) is 74.4 Å². The molecular weight excluding hydrogens is 496 g/mol. The normalized spacial score (nSPS) is 14.3. The van der Waals surface area contributed by atoms with Gasteiger partial charge in [-0.05, 0) is 61.8 Å². The van der Waals surface area contributed by atoms with Gasteiger partial charge in [-0.25, -0.2) is 4.98 Å². The van der Waals surface area contributed by atoms with Gasteiger partial charge >= 0.3 is 0 Å². The van der Waals surface area contributed by atoms with Crippen LogP contribution in [0, 0.1) is 11.3 Å². The molecule has 0 bridgehead atoms. The molecule has 0 aliphatic carbocycles. The van der Waals surface area contributed by atoms with Crippen LogP contribution in [0.4, 0.5) is 5.82 Å². The van der Waals surface area contributed by atoms with Crippen molar-refractivity contribution in [3.05, 3.63) is 94.8 Å². The molecule has 2 aromatic carbocycles. The van der Waals surface area contributed by atoms with Crippen LogP contribution in [0.3, 0.4) is 0 Å². The van der Waals surface area contributed by atoms with E-state index in [1.165, 1.54) is 0 Å². The van der Waals surface area contributed by atoms with Crippen molar-refractivity contribution in [3.8, 4) is 6.07 Å². The highest BCUT2D eigenvalue weighted by atomic mass is 35.5. The Morgan fingerprint density at radius 2 is 1.92 bits per heavy atom. The Kier molecular flexibility index (Phi) is 8.22. The molecule has 8 heteroatoms. The molecule has 0 unspecified atom stereocenters. The van der Waals surface area contributed by atoms with Gasteiger partial charge in [-0.1, -0.05) is 41.9 Å². The minimum Gasteiger partial charge on any atom is -0.354 e. The standard InChI is InChI=1S/C30H31ClN6O/c31-25-9-3-7-23(19-25)21-34-30(38)27-22-37(28-11-2-1-10-26(27)28)16-6-14-35-13-5-15-36(18-17-35)29-24(20-32)8-4-12-33-29/h1-4,7-12,19,22H,5-6,13-18,21H2,(H,34,38). The predicted octanol–water partition coefficient (Wildman–Crippen LogP) is 5.09. The highest BCUT2D eigenvalue weighted by molar-refractivity contribution is 6.30. The predicted molar refractivity (Wildman–Crippen MR) is 151 cm³/mol. The number of nitrogens with zero attached hydrogens (tertiary/aromatic N) is 5. The van der Waals surface area contributed by atoms with Gasteiger partial charge < -0.3 is 19.7 Å². The van der Waals surface area contributed by atoms with Crippen LogP contribution in [0.5, 0.6) is 0 Å². The van der Waals surface area contributed by atoms with E-state index in [2.05, 4.69) is 36.8 Å². The van der Waals surface area contributed by atoms with Crippen LogP contribution in [-0.4, -0.2) is 53.1 Å². The van der Waals surface area contributed by atoms with Crippen molar-refractivity contribution in [1.82, 2.24) is 19.8 Å². The van der Waals surface area contributed by atoms with Crippen LogP contribution in [-0.2, 0) is 13.1 Å². The van der Waals surface area contributed by atoms with Crippen molar-refractivity contribution in [1.29, 1.82) is 5.26 Å². The minimum atomic E-state index is -0.0844. The van der Waals surface area contributed by atoms with E-state index in [1.807, 2.05) is 60.8 Å². The number of fused-ring (bicyclic) bond motifs is 1. The van der Waals surface area contributed by atoms with Gasteiger partial charge in [0.25, 0.3) is 5.91 Å². The van der Waals surface area contributed by atoms with Gasteiger partial charge in [0.1, 0.15) is 11.9 Å². The van der Waals surface area contributed by atoms with E-state index in [0.29, 0.717) is 22.7 Å². The first-order valence-electron chi connectivity index (χ1n) is 13.1. The molecule has 0 saturated carbocycles. The summed E-state index contributed by atoms with van der Waals surface area (Å²) in [5.74, 6) is 0.704. The monoisotopic (exact) mass is 526 g/mol. The van der Waals surface area contributed by atoms with Gasteiger partial charge in [-0.15, -0.1) is 0 Å². The van der Waals surface area contributed by atoms with Gasteiger partial charge in [0, 0.05) is 61.0 Å². The summed E-state index contributed by atoms with van der Waals surface area (Å²) in [4.78, 5) is 22.3. The van der Waals surface area contributed by atoms with Crippen LogP contribution < -0.4 is 10.2 Å². The number of aromatic nitrogens is 2. The quantitative estimate of drug-likeness (QED) is 0.346. The number of aryl methyl sites for hydroxylation is 1. The largest absolute Gasteiger partial charge is 0.354 e. The zero-order valence-corrected chi connectivity index (χ0v) is 22.1. The number of hydrogen-bond acceptors (Lipinski definition) is 5. The first-order valence-corrected chi connectivity index (χ1v) is 13.4. The highest BCUT2D eigenvalue weighted by Crippen LogP contribution is 2.23. The van der Waals surface area contributed by atoms with Crippen LogP contribution in [0.2, 0.25) is 5.02 Å². The maximum absolute atomic E-state index is 13.1. The van der Waals surface area contributed by atoms with Gasteiger partial charge in [0.2, 0.25) is 0 Å². The summed E-state index contributed by atoms with van der Waals surface area (Å²) in [6.07, 6.45) is 5.75. The summed E-state index contributed by atoms with van der Waals surface area (Å²) in [6.45, 7) is 5.96. The zero-order chi connectivity index (χ0) is 26.3. The maximum atomic E-state index is 13.1. The Balaban J connectivity index is 1.19. The lowest BCUT2D eigenvalue weighted by atomic mass is 10.1.